The molecule has 0 aliphatic rings. The Balaban J connectivity index is 2.42. The van der Waals surface area contributed by atoms with E-state index < -0.39 is 0 Å². The molecule has 0 unspecified atom stereocenters. The van der Waals surface area contributed by atoms with Gasteiger partial charge in [-0.2, -0.15) is 0 Å². The van der Waals surface area contributed by atoms with E-state index in [0.717, 1.165) is 33.5 Å². The Hall–Kier alpha value is -2.69. The van der Waals surface area contributed by atoms with E-state index in [0.29, 0.717) is 11.5 Å². The minimum atomic E-state index is 0.438. The molecule has 0 saturated carbocycles. The third kappa shape index (κ3) is 2.16. The van der Waals surface area contributed by atoms with Gasteiger partial charge in [0.05, 0.1) is 12.5 Å². The van der Waals surface area contributed by atoms with Crippen LogP contribution in [0.3, 0.4) is 0 Å². The Bertz CT molecular complexity index is 830. The molecule has 106 valence electrons. The zero-order chi connectivity index (χ0) is 15.0. The van der Waals surface area contributed by atoms with Gasteiger partial charge in [0.1, 0.15) is 17.9 Å². The first kappa shape index (κ1) is 13.3. The first-order valence-electron chi connectivity index (χ1n) is 6.63. The van der Waals surface area contributed by atoms with E-state index in [1.54, 1.807) is 7.11 Å². The monoisotopic (exact) mass is 280 g/mol. The fourth-order valence-electron chi connectivity index (χ4n) is 2.46. The van der Waals surface area contributed by atoms with E-state index in [-0.39, 0.29) is 0 Å². The van der Waals surface area contributed by atoms with Crippen LogP contribution in [-0.2, 0) is 0 Å². The summed E-state index contributed by atoms with van der Waals surface area (Å²) in [5, 5.41) is 0.786. The lowest BCUT2D eigenvalue weighted by molar-refractivity contribution is 0.415. The molecule has 0 aliphatic heterocycles. The highest BCUT2D eigenvalue weighted by Gasteiger charge is 2.15. The van der Waals surface area contributed by atoms with Crippen LogP contribution in [0.4, 0.5) is 5.82 Å². The third-order valence-electron chi connectivity index (χ3n) is 3.66. The smallest absolute Gasteiger partial charge is 0.165 e. The van der Waals surface area contributed by atoms with Crippen LogP contribution >= 0.6 is 0 Å². The van der Waals surface area contributed by atoms with Crippen molar-refractivity contribution >= 4 is 16.9 Å². The van der Waals surface area contributed by atoms with Crippen LogP contribution in [0.2, 0.25) is 0 Å². The van der Waals surface area contributed by atoms with Crippen LogP contribution in [-0.4, -0.2) is 22.1 Å². The van der Waals surface area contributed by atoms with Crippen LogP contribution in [0.25, 0.3) is 22.2 Å². The lowest BCUT2D eigenvalue weighted by Gasteiger charge is -2.14. The lowest BCUT2D eigenvalue weighted by Crippen LogP contribution is -2.01. The summed E-state index contributed by atoms with van der Waals surface area (Å²) in [6.07, 6.45) is 1.44. The number of anilines is 1. The van der Waals surface area contributed by atoms with Crippen molar-refractivity contribution < 1.29 is 4.74 Å². The Labute approximate surface area is 122 Å². The number of aryl methyl sites for hydroxylation is 1. The number of fused-ring (bicyclic) bond motifs is 1. The fraction of sp³-hybridized carbons (Fsp3) is 0.188. The molecular weight excluding hydrogens is 264 g/mol. The highest BCUT2D eigenvalue weighted by molar-refractivity contribution is 6.01. The van der Waals surface area contributed by atoms with E-state index in [1.807, 2.05) is 38.1 Å². The van der Waals surface area contributed by atoms with Crippen molar-refractivity contribution in [1.82, 2.24) is 15.0 Å². The van der Waals surface area contributed by atoms with E-state index in [9.17, 15) is 0 Å². The Kier molecular flexibility index (Phi) is 3.17. The molecule has 21 heavy (non-hydrogen) atoms. The molecule has 0 aliphatic carbocycles. The number of pyridine rings is 1. The Morgan fingerprint density at radius 2 is 1.95 bits per heavy atom. The maximum absolute atomic E-state index is 6.06. The van der Waals surface area contributed by atoms with Crippen molar-refractivity contribution in [3.8, 4) is 16.9 Å². The normalized spacial score (nSPS) is 10.8. The number of nitrogens with zero attached hydrogens (tertiary/aromatic N) is 3. The molecule has 0 spiro atoms. The summed E-state index contributed by atoms with van der Waals surface area (Å²) >= 11 is 0. The number of hydrogen-bond acceptors (Lipinski definition) is 5. The van der Waals surface area contributed by atoms with Crippen molar-refractivity contribution in [2.24, 2.45) is 0 Å². The average Bonchev–Trinajstić information content (AvgIpc) is 2.49. The molecule has 0 bridgehead atoms. The quantitative estimate of drug-likeness (QED) is 0.781. The molecule has 2 heterocycles. The van der Waals surface area contributed by atoms with Crippen LogP contribution in [0.5, 0.6) is 5.75 Å². The number of nitrogens with two attached hydrogens (primary N) is 1. The molecule has 3 rings (SSSR count). The van der Waals surface area contributed by atoms with Crippen molar-refractivity contribution in [3.05, 3.63) is 41.9 Å². The topological polar surface area (TPSA) is 73.9 Å². The molecule has 2 N–H and O–H groups in total. The van der Waals surface area contributed by atoms with Gasteiger partial charge < -0.3 is 10.5 Å². The third-order valence-corrected chi connectivity index (χ3v) is 3.66. The van der Waals surface area contributed by atoms with Crippen molar-refractivity contribution in [1.29, 1.82) is 0 Å². The Morgan fingerprint density at radius 1 is 1.14 bits per heavy atom. The summed E-state index contributed by atoms with van der Waals surface area (Å²) in [6.45, 7) is 4.00. The standard InChI is InChI=1S/C16H16N4O/c1-9-10(2)20-16-14(15(17)18-8-19-16)13(9)11-5-4-6-12(7-11)21-3/h4-8H,1-3H3,(H2,17,18,19,20). The van der Waals surface area contributed by atoms with Gasteiger partial charge in [-0.1, -0.05) is 12.1 Å². The molecular formula is C16H16N4O. The molecule has 5 nitrogen and oxygen atoms in total. The fourth-order valence-corrected chi connectivity index (χ4v) is 2.46. The van der Waals surface area contributed by atoms with Crippen molar-refractivity contribution in [2.45, 2.75) is 13.8 Å². The Morgan fingerprint density at radius 3 is 2.71 bits per heavy atom. The summed E-state index contributed by atoms with van der Waals surface area (Å²) in [5.41, 5.74) is 10.7. The number of nitrogen functional groups attached to an aromatic ring is 1. The maximum Gasteiger partial charge on any atom is 0.165 e. The van der Waals surface area contributed by atoms with Crippen LogP contribution in [0, 0.1) is 13.8 Å². The van der Waals surface area contributed by atoms with E-state index >= 15 is 0 Å². The molecule has 0 radical (unpaired) electrons. The van der Waals surface area contributed by atoms with Crippen LogP contribution in [0.1, 0.15) is 11.3 Å². The van der Waals surface area contributed by atoms with E-state index in [4.69, 9.17) is 10.5 Å². The zero-order valence-electron chi connectivity index (χ0n) is 12.2. The second-order valence-electron chi connectivity index (χ2n) is 4.89. The van der Waals surface area contributed by atoms with Gasteiger partial charge in [-0.15, -0.1) is 0 Å². The van der Waals surface area contributed by atoms with Gasteiger partial charge in [-0.3, -0.25) is 0 Å². The summed E-state index contributed by atoms with van der Waals surface area (Å²) in [6, 6.07) is 7.87. The molecule has 0 amide bonds. The van der Waals surface area contributed by atoms with E-state index in [1.165, 1.54) is 6.33 Å². The first-order chi connectivity index (χ1) is 10.1. The van der Waals surface area contributed by atoms with Gasteiger partial charge in [-0.25, -0.2) is 15.0 Å². The second kappa shape index (κ2) is 5.01. The number of ether oxygens (including phenoxy) is 1. The molecule has 0 atom stereocenters. The first-order valence-corrected chi connectivity index (χ1v) is 6.63. The van der Waals surface area contributed by atoms with Gasteiger partial charge in [-0.05, 0) is 37.1 Å². The van der Waals surface area contributed by atoms with Gasteiger partial charge in [0, 0.05) is 11.3 Å². The minimum absolute atomic E-state index is 0.438. The molecule has 1 aromatic carbocycles. The highest BCUT2D eigenvalue weighted by Crippen LogP contribution is 2.35. The maximum atomic E-state index is 6.06. The number of hydrogen-bond donors (Lipinski definition) is 1. The minimum Gasteiger partial charge on any atom is -0.497 e. The lowest BCUT2D eigenvalue weighted by atomic mass is 9.96. The predicted octanol–water partition coefficient (Wildman–Crippen LogP) is 2.90. The summed E-state index contributed by atoms with van der Waals surface area (Å²) < 4.78 is 5.31. The summed E-state index contributed by atoms with van der Waals surface area (Å²) in [4.78, 5) is 12.8. The molecule has 2 aromatic heterocycles. The van der Waals surface area contributed by atoms with Gasteiger partial charge in [0.2, 0.25) is 0 Å². The molecule has 5 heteroatoms. The summed E-state index contributed by atoms with van der Waals surface area (Å²) in [7, 11) is 1.65. The van der Waals surface area contributed by atoms with Crippen molar-refractivity contribution in [2.75, 3.05) is 12.8 Å². The van der Waals surface area contributed by atoms with Crippen LogP contribution in [0.15, 0.2) is 30.6 Å². The number of rotatable bonds is 2. The molecule has 0 fully saturated rings. The SMILES string of the molecule is COc1cccc(-c2c(C)c(C)nc3ncnc(N)c23)c1. The number of methoxy groups -OCH3 is 1. The van der Waals surface area contributed by atoms with E-state index in [2.05, 4.69) is 15.0 Å². The zero-order valence-corrected chi connectivity index (χ0v) is 12.2. The van der Waals surface area contributed by atoms with Gasteiger partial charge >= 0.3 is 0 Å². The second-order valence-corrected chi connectivity index (χ2v) is 4.89. The number of aromatic nitrogens is 3. The van der Waals surface area contributed by atoms with Gasteiger partial charge in [0.25, 0.3) is 0 Å². The molecule has 3 aromatic rings. The van der Waals surface area contributed by atoms with Gasteiger partial charge in [0.15, 0.2) is 5.65 Å². The summed E-state index contributed by atoms with van der Waals surface area (Å²) in [5.74, 6) is 1.23. The van der Waals surface area contributed by atoms with Crippen molar-refractivity contribution in [3.63, 3.8) is 0 Å². The van der Waals surface area contributed by atoms with Crippen LogP contribution < -0.4 is 10.5 Å². The molecule has 0 saturated heterocycles. The largest absolute Gasteiger partial charge is 0.497 e. The number of benzene rings is 1. The average molecular weight is 280 g/mol. The predicted molar refractivity (Wildman–Crippen MR) is 83.2 cm³/mol. The highest BCUT2D eigenvalue weighted by atomic mass is 16.5.